The highest BCUT2D eigenvalue weighted by Gasteiger charge is 2.43. The summed E-state index contributed by atoms with van der Waals surface area (Å²) < 4.78 is 28.7. The quantitative estimate of drug-likeness (QED) is 0.0522. The molecule has 12 heterocycles. The van der Waals surface area contributed by atoms with Crippen molar-refractivity contribution in [2.75, 3.05) is 0 Å². The molecule has 5 unspecified atom stereocenters. The van der Waals surface area contributed by atoms with Crippen molar-refractivity contribution in [1.29, 1.82) is 0 Å². The number of rotatable bonds is 24. The third-order valence-corrected chi connectivity index (χ3v) is 30.8. The van der Waals surface area contributed by atoms with E-state index in [2.05, 4.69) is 337 Å². The first-order chi connectivity index (χ1) is 68.8. The third-order valence-electron chi connectivity index (χ3n) is 30.8. The van der Waals surface area contributed by atoms with Crippen LogP contribution in [0.25, 0.3) is 0 Å². The molecule has 18 nitrogen and oxygen atoms in total. The van der Waals surface area contributed by atoms with Crippen LogP contribution in [-0.4, -0.2) is 88.6 Å². The number of fused-ring (bicyclic) bond motifs is 6. The summed E-state index contributed by atoms with van der Waals surface area (Å²) in [6.07, 6.45) is 44.2. The van der Waals surface area contributed by atoms with E-state index in [1.54, 1.807) is 12.1 Å². The van der Waals surface area contributed by atoms with Crippen molar-refractivity contribution in [3.8, 4) is 0 Å². The molecule has 0 radical (unpaired) electrons. The van der Waals surface area contributed by atoms with Crippen LogP contribution in [0, 0.1) is 11.8 Å². The summed E-state index contributed by atoms with van der Waals surface area (Å²) in [7, 11) is 0. The molecule has 8 aromatic carbocycles. The molecule has 0 spiro atoms. The molecule has 0 bridgehead atoms. The van der Waals surface area contributed by atoms with Crippen LogP contribution in [0.5, 0.6) is 0 Å². The Morgan fingerprint density at radius 1 is 0.286 bits per heavy atom. The zero-order valence-corrected chi connectivity index (χ0v) is 85.9. The second-order valence-electron chi connectivity index (χ2n) is 40.9. The van der Waals surface area contributed by atoms with Crippen molar-refractivity contribution in [3.63, 3.8) is 0 Å². The number of aryl methyl sites for hydroxylation is 6. The van der Waals surface area contributed by atoms with Crippen molar-refractivity contribution in [3.05, 3.63) is 357 Å². The first-order valence-electron chi connectivity index (χ1n) is 54.4. The van der Waals surface area contributed by atoms with E-state index in [-0.39, 0.29) is 16.2 Å². The summed E-state index contributed by atoms with van der Waals surface area (Å²) in [6.45, 7) is 26.6. The highest BCUT2D eigenvalue weighted by Crippen LogP contribution is 2.46. The molecule has 0 fully saturated rings. The maximum Gasteiger partial charge on any atom is 0.185 e. The standard InChI is InChI=1S/C26H33N3.C23H27N3.C20H29N3.C19H27N3.C18H25N3.C15H18FN3/c1-2-3-13-20-26(22-15-8-6-9-16-22,23-17-10-7-11-18-23)25-28-27-24-19-12-4-5-14-21-29(24)25;1-2-23(19-13-7-5-8-14-19,20-15-9-6-10-16-20)22-25-24-21-17-11-3-4-12-18-26(21)22;1-15(2)14-17-9-11-18(12-10-17)16(3)20-22-21-19-8-6-4-5-7-13-23(19)20;1-3-15(2)18(16-11-7-6-8-12-16)19-21-20-17-13-9-4-5-10-14-22(17)19;1-3-18(2,15-11-7-6-8-12-15)17-20-19-16-13-9-4-5-10-14-21(16)17;16-14(12-8-4-3-5-9-12)15-18-17-13-10-6-1-2-7-11-19(13)15/h6-11,15-18H,2-5,12-14,19-21H2,1H3;5-10,13-16H,2-4,11-12,17-18H2,1H3;9-12,15-16H,4-8,13-14H2,1-3H3;6-8,11-12,15,18H,3-5,9-10,13-14H2,1-2H3;6-8,11-12H,3-5,9-10,13-14H2,1-2H3;3-5,8-9,14H,1-2,6-7,10-11H2. The highest BCUT2D eigenvalue weighted by molar-refractivity contribution is 5.49. The Morgan fingerprint density at radius 2 is 0.600 bits per heavy atom. The third kappa shape index (κ3) is 25.3. The molecular formula is C121H159FN18. The Kier molecular flexibility index (Phi) is 38.5. The number of alkyl halides is 1. The molecule has 5 atom stereocenters. The normalized spacial score (nSPS) is 16.6. The lowest BCUT2D eigenvalue weighted by Gasteiger charge is -2.35. The summed E-state index contributed by atoms with van der Waals surface area (Å²) >= 11 is 0. The van der Waals surface area contributed by atoms with E-state index in [0.29, 0.717) is 35.1 Å². The van der Waals surface area contributed by atoms with E-state index in [0.717, 1.165) is 158 Å². The topological polar surface area (TPSA) is 184 Å². The van der Waals surface area contributed by atoms with E-state index >= 15 is 0 Å². The van der Waals surface area contributed by atoms with Gasteiger partial charge in [0, 0.05) is 89.6 Å². The fourth-order valence-electron chi connectivity index (χ4n) is 22.4. The second kappa shape index (κ2) is 52.3. The van der Waals surface area contributed by atoms with Crippen molar-refractivity contribution in [1.82, 2.24) is 88.6 Å². The number of nitrogens with zero attached hydrogens (tertiary/aromatic N) is 18. The van der Waals surface area contributed by atoms with Gasteiger partial charge in [-0.25, -0.2) is 4.39 Å². The van der Waals surface area contributed by atoms with Crippen LogP contribution < -0.4 is 0 Å². The Labute approximate surface area is 836 Å². The van der Waals surface area contributed by atoms with Crippen molar-refractivity contribution >= 4 is 0 Å². The molecule has 0 saturated heterocycles. The van der Waals surface area contributed by atoms with E-state index < -0.39 is 6.17 Å². The van der Waals surface area contributed by atoms with Crippen LogP contribution >= 0.6 is 0 Å². The Hall–Kier alpha value is -11.5. The van der Waals surface area contributed by atoms with Gasteiger partial charge in [-0.15, -0.1) is 61.2 Å². The molecule has 740 valence electrons. The number of hydrogen-bond acceptors (Lipinski definition) is 12. The summed E-state index contributed by atoms with van der Waals surface area (Å²) in [5, 5.41) is 54.6. The molecule has 0 aliphatic carbocycles. The Morgan fingerprint density at radius 3 is 0.986 bits per heavy atom. The molecule has 6 aliphatic heterocycles. The zero-order valence-electron chi connectivity index (χ0n) is 85.9. The maximum atomic E-state index is 14.6. The van der Waals surface area contributed by atoms with Gasteiger partial charge in [0.25, 0.3) is 0 Å². The SMILES string of the molecule is CC(C)Cc1ccc(C(C)c2nnc3n2CCCCCC3)cc1.CCC(C)(c1ccccc1)c1nnc2n1CCCCCC2.CCC(C)C(c1ccccc1)c1nnc2n1CCCCCC2.CCC(c1ccccc1)(c1ccccc1)c1nnc2n1CCCCCC2.CCCCCC(c1ccccc1)(c1ccccc1)c1nnc2n1CCCCCC2.FC(c1ccccc1)c1nnc2n1CCCCCC2. The number of hydrogen-bond donors (Lipinski definition) is 0. The highest BCUT2D eigenvalue weighted by atomic mass is 19.1. The van der Waals surface area contributed by atoms with Gasteiger partial charge in [-0.05, 0) is 172 Å². The monoisotopic (exact) mass is 1880 g/mol. The van der Waals surface area contributed by atoms with Gasteiger partial charge in [0.1, 0.15) is 64.1 Å². The number of halogens is 1. The second-order valence-corrected chi connectivity index (χ2v) is 40.9. The smallest absolute Gasteiger partial charge is 0.185 e. The molecule has 20 rings (SSSR count). The van der Waals surface area contributed by atoms with Crippen molar-refractivity contribution in [2.24, 2.45) is 11.8 Å². The molecule has 0 amide bonds. The van der Waals surface area contributed by atoms with Gasteiger partial charge in [0.2, 0.25) is 0 Å². The number of benzene rings is 8. The molecule has 6 aliphatic rings. The van der Waals surface area contributed by atoms with Gasteiger partial charge < -0.3 is 27.4 Å². The molecule has 6 aromatic heterocycles. The number of aromatic nitrogens is 18. The average Bonchev–Trinajstić information content (AvgIpc) is 1.53. The Bertz CT molecular complexity index is 5840. The predicted octanol–water partition coefficient (Wildman–Crippen LogP) is 28.3. The van der Waals surface area contributed by atoms with Crippen molar-refractivity contribution < 1.29 is 4.39 Å². The van der Waals surface area contributed by atoms with Gasteiger partial charge in [-0.3, -0.25) is 0 Å². The predicted molar refractivity (Wildman–Crippen MR) is 566 cm³/mol. The molecule has 140 heavy (non-hydrogen) atoms. The summed E-state index contributed by atoms with van der Waals surface area (Å²) in [5.74, 6) is 14.9. The minimum absolute atomic E-state index is 0.0499. The van der Waals surface area contributed by atoms with Crippen LogP contribution in [0.4, 0.5) is 4.39 Å². The summed E-state index contributed by atoms with van der Waals surface area (Å²) in [5.41, 5.74) is 10.8. The molecule has 0 N–H and O–H groups in total. The lowest BCUT2D eigenvalue weighted by Crippen LogP contribution is -2.34. The summed E-state index contributed by atoms with van der Waals surface area (Å²) in [6, 6.07) is 83.5. The summed E-state index contributed by atoms with van der Waals surface area (Å²) in [4.78, 5) is 0. The van der Waals surface area contributed by atoms with E-state index in [9.17, 15) is 4.39 Å². The lowest BCUT2D eigenvalue weighted by molar-refractivity contribution is 0.362. The Balaban J connectivity index is 0.000000128. The van der Waals surface area contributed by atoms with Gasteiger partial charge in [-0.2, -0.15) is 0 Å². The van der Waals surface area contributed by atoms with Gasteiger partial charge in [0.15, 0.2) is 12.0 Å². The minimum atomic E-state index is -1.18. The molecule has 0 saturated carbocycles. The molecule has 14 aromatic rings. The van der Waals surface area contributed by atoms with Gasteiger partial charge >= 0.3 is 0 Å². The van der Waals surface area contributed by atoms with Crippen LogP contribution in [0.2, 0.25) is 0 Å². The molecular weight excluding hydrogens is 1720 g/mol. The minimum Gasteiger partial charge on any atom is -0.314 e. The van der Waals surface area contributed by atoms with Crippen molar-refractivity contribution in [2.45, 2.75) is 380 Å². The van der Waals surface area contributed by atoms with Crippen LogP contribution in [0.1, 0.15) is 399 Å². The van der Waals surface area contributed by atoms with Crippen LogP contribution in [0.15, 0.2) is 237 Å². The average molecular weight is 1880 g/mol. The van der Waals surface area contributed by atoms with Gasteiger partial charge in [-0.1, -0.05) is 395 Å². The largest absolute Gasteiger partial charge is 0.314 e. The number of unbranched alkanes of at least 4 members (excludes halogenated alkanes) is 2. The fraction of sp³-hybridized carbons (Fsp3) is 0.504. The van der Waals surface area contributed by atoms with Crippen LogP contribution in [-0.2, 0) is 100 Å². The fourth-order valence-corrected chi connectivity index (χ4v) is 22.4. The first kappa shape index (κ1) is 103. The maximum absolute atomic E-state index is 14.6. The zero-order chi connectivity index (χ0) is 97.2. The van der Waals surface area contributed by atoms with E-state index in [4.69, 9.17) is 15.3 Å². The van der Waals surface area contributed by atoms with E-state index in [1.165, 1.54) is 234 Å². The van der Waals surface area contributed by atoms with E-state index in [1.807, 2.05) is 22.8 Å². The van der Waals surface area contributed by atoms with Gasteiger partial charge in [0.05, 0.1) is 16.2 Å². The lowest BCUT2D eigenvalue weighted by atomic mass is 9.70. The molecule has 19 heteroatoms. The van der Waals surface area contributed by atoms with Crippen LogP contribution in [0.3, 0.4) is 0 Å². The first-order valence-corrected chi connectivity index (χ1v) is 54.4.